The van der Waals surface area contributed by atoms with Gasteiger partial charge in [0.25, 0.3) is 0 Å². The first-order valence-corrected chi connectivity index (χ1v) is 18.6. The van der Waals surface area contributed by atoms with Crippen molar-refractivity contribution in [2.75, 3.05) is 0 Å². The van der Waals surface area contributed by atoms with E-state index in [0.717, 1.165) is 55.2 Å². The molecule has 0 aliphatic rings. The van der Waals surface area contributed by atoms with Gasteiger partial charge in [-0.05, 0) is 68.4 Å². The lowest BCUT2D eigenvalue weighted by molar-refractivity contribution is 1.08. The largest absolute Gasteiger partial charge is 0.309 e. The summed E-state index contributed by atoms with van der Waals surface area (Å²) in [4.78, 5) is 15.7. The molecule has 55 heavy (non-hydrogen) atoms. The topological polar surface area (TPSA) is 43.6 Å². The summed E-state index contributed by atoms with van der Waals surface area (Å²) in [5.41, 5.74) is 8.43. The molecule has 2 heterocycles. The molecule has 4 nitrogen and oxygen atoms in total. The van der Waals surface area contributed by atoms with Gasteiger partial charge in [-0.2, -0.15) is 0 Å². The van der Waals surface area contributed by atoms with E-state index in [-0.39, 0.29) is 0 Å². The molecule has 0 saturated heterocycles. The van der Waals surface area contributed by atoms with Crippen molar-refractivity contribution in [3.05, 3.63) is 194 Å². The predicted molar refractivity (Wildman–Crippen MR) is 228 cm³/mol. The van der Waals surface area contributed by atoms with E-state index < -0.39 is 0 Å². The molecule has 11 rings (SSSR count). The Morgan fingerprint density at radius 1 is 0.309 bits per heavy atom. The molecule has 0 atom stereocenters. The van der Waals surface area contributed by atoms with Crippen LogP contribution in [0.4, 0.5) is 0 Å². The third-order valence-electron chi connectivity index (χ3n) is 10.8. The van der Waals surface area contributed by atoms with Gasteiger partial charge in [0.15, 0.2) is 17.5 Å². The van der Waals surface area contributed by atoms with Crippen LogP contribution in [-0.4, -0.2) is 19.5 Å². The Balaban J connectivity index is 1.25. The molecule has 9 aromatic carbocycles. The van der Waals surface area contributed by atoms with Crippen molar-refractivity contribution < 1.29 is 0 Å². The van der Waals surface area contributed by atoms with Crippen LogP contribution < -0.4 is 0 Å². The Morgan fingerprint density at radius 2 is 0.855 bits per heavy atom. The maximum absolute atomic E-state index is 5.34. The fourth-order valence-corrected chi connectivity index (χ4v) is 8.20. The molecule has 256 valence electrons. The molecule has 0 amide bonds. The van der Waals surface area contributed by atoms with Crippen LogP contribution in [0.25, 0.3) is 105 Å². The molecule has 0 unspecified atom stereocenters. The Hall–Kier alpha value is -7.43. The van der Waals surface area contributed by atoms with Crippen LogP contribution in [0.15, 0.2) is 194 Å². The highest BCUT2D eigenvalue weighted by Gasteiger charge is 2.23. The molecule has 2 aromatic heterocycles. The van der Waals surface area contributed by atoms with Crippen molar-refractivity contribution in [3.63, 3.8) is 0 Å². The Labute approximate surface area is 317 Å². The first kappa shape index (κ1) is 31.1. The number of hydrogen-bond acceptors (Lipinski definition) is 3. The van der Waals surface area contributed by atoms with Gasteiger partial charge in [-0.1, -0.05) is 164 Å². The van der Waals surface area contributed by atoms with E-state index in [4.69, 9.17) is 15.0 Å². The third kappa shape index (κ3) is 5.19. The zero-order chi connectivity index (χ0) is 36.3. The Morgan fingerprint density at radius 3 is 1.60 bits per heavy atom. The first-order chi connectivity index (χ1) is 27.3. The highest BCUT2D eigenvalue weighted by Crippen LogP contribution is 2.44. The van der Waals surface area contributed by atoms with Crippen LogP contribution in [0.2, 0.25) is 0 Å². The monoisotopic (exact) mass is 700 g/mol. The van der Waals surface area contributed by atoms with Gasteiger partial charge >= 0.3 is 0 Å². The predicted octanol–water partition coefficient (Wildman–Crippen LogP) is 13.1. The van der Waals surface area contributed by atoms with E-state index in [9.17, 15) is 0 Å². The zero-order valence-electron chi connectivity index (χ0n) is 29.8. The lowest BCUT2D eigenvalue weighted by Crippen LogP contribution is -2.03. The van der Waals surface area contributed by atoms with E-state index in [1.807, 2.05) is 18.2 Å². The average Bonchev–Trinajstić information content (AvgIpc) is 3.58. The van der Waals surface area contributed by atoms with Crippen LogP contribution in [0.3, 0.4) is 0 Å². The van der Waals surface area contributed by atoms with Gasteiger partial charge in [0.05, 0.1) is 16.7 Å². The Kier molecular flexibility index (Phi) is 7.14. The van der Waals surface area contributed by atoms with Crippen molar-refractivity contribution in [1.82, 2.24) is 19.5 Å². The molecule has 0 aliphatic heterocycles. The lowest BCUT2D eigenvalue weighted by Gasteiger charge is -2.19. The van der Waals surface area contributed by atoms with Gasteiger partial charge in [-0.25, -0.2) is 15.0 Å². The van der Waals surface area contributed by atoms with Crippen molar-refractivity contribution in [1.29, 1.82) is 0 Å². The second-order valence-electron chi connectivity index (χ2n) is 14.0. The van der Waals surface area contributed by atoms with Gasteiger partial charge in [0.1, 0.15) is 0 Å². The minimum absolute atomic E-state index is 0.631. The van der Waals surface area contributed by atoms with Gasteiger partial charge in [0.2, 0.25) is 0 Å². The number of para-hydroxylation sites is 1. The number of aromatic nitrogens is 4. The van der Waals surface area contributed by atoms with Crippen LogP contribution >= 0.6 is 0 Å². The number of nitrogens with zero attached hydrogens (tertiary/aromatic N) is 4. The highest BCUT2D eigenvalue weighted by atomic mass is 15.0. The standard InChI is InChI=1S/C51H32N4/c1-3-16-34(17-4-1)43-32-47(55-45-26-14-13-24-41(45)44-30-37-21-9-10-22-38(37)31-46(44)55)40-23-11-12-25-42(40)48(43)51-53-49(35-18-5-2-6-19-35)52-50(54-51)39-28-27-33-15-7-8-20-36(33)29-39/h1-32H. The summed E-state index contributed by atoms with van der Waals surface area (Å²) in [6, 6.07) is 68.8. The number of fused-ring (bicyclic) bond motifs is 6. The highest BCUT2D eigenvalue weighted by molar-refractivity contribution is 6.16. The second-order valence-corrected chi connectivity index (χ2v) is 14.0. The van der Waals surface area contributed by atoms with Crippen LogP contribution in [-0.2, 0) is 0 Å². The fourth-order valence-electron chi connectivity index (χ4n) is 8.20. The maximum Gasteiger partial charge on any atom is 0.165 e. The van der Waals surface area contributed by atoms with Gasteiger partial charge in [-0.15, -0.1) is 0 Å². The maximum atomic E-state index is 5.34. The van der Waals surface area contributed by atoms with Crippen molar-refractivity contribution in [2.45, 2.75) is 0 Å². The normalized spacial score (nSPS) is 11.6. The van der Waals surface area contributed by atoms with E-state index in [1.54, 1.807) is 0 Å². The minimum Gasteiger partial charge on any atom is -0.309 e. The van der Waals surface area contributed by atoms with Crippen molar-refractivity contribution in [3.8, 4) is 51.0 Å². The van der Waals surface area contributed by atoms with E-state index >= 15 is 0 Å². The molecule has 0 saturated carbocycles. The van der Waals surface area contributed by atoms with Gasteiger partial charge in [-0.3, -0.25) is 0 Å². The van der Waals surface area contributed by atoms with E-state index in [1.165, 1.54) is 32.4 Å². The number of rotatable bonds is 5. The summed E-state index contributed by atoms with van der Waals surface area (Å²) in [5, 5.41) is 9.40. The van der Waals surface area contributed by atoms with Crippen molar-refractivity contribution in [2.24, 2.45) is 0 Å². The number of benzene rings is 9. The minimum atomic E-state index is 0.631. The molecular formula is C51H32N4. The summed E-state index contributed by atoms with van der Waals surface area (Å²) >= 11 is 0. The number of hydrogen-bond donors (Lipinski definition) is 0. The molecular weight excluding hydrogens is 669 g/mol. The quantitative estimate of drug-likeness (QED) is 0.179. The van der Waals surface area contributed by atoms with Crippen LogP contribution in [0, 0.1) is 0 Å². The second kappa shape index (κ2) is 12.6. The zero-order valence-corrected chi connectivity index (χ0v) is 29.8. The van der Waals surface area contributed by atoms with Gasteiger partial charge < -0.3 is 4.57 Å². The van der Waals surface area contributed by atoms with Gasteiger partial charge in [0, 0.05) is 32.8 Å². The summed E-state index contributed by atoms with van der Waals surface area (Å²) < 4.78 is 2.44. The molecule has 0 N–H and O–H groups in total. The summed E-state index contributed by atoms with van der Waals surface area (Å²) in [7, 11) is 0. The molecule has 11 aromatic rings. The van der Waals surface area contributed by atoms with E-state index in [0.29, 0.717) is 17.5 Å². The average molecular weight is 701 g/mol. The lowest BCUT2D eigenvalue weighted by atomic mass is 9.92. The molecule has 0 spiro atoms. The first-order valence-electron chi connectivity index (χ1n) is 18.6. The van der Waals surface area contributed by atoms with Crippen LogP contribution in [0.5, 0.6) is 0 Å². The Bertz CT molecular complexity index is 3260. The smallest absolute Gasteiger partial charge is 0.165 e. The fraction of sp³-hybridized carbons (Fsp3) is 0. The van der Waals surface area contributed by atoms with E-state index in [2.05, 4.69) is 180 Å². The molecule has 0 radical (unpaired) electrons. The summed E-state index contributed by atoms with van der Waals surface area (Å²) in [6.45, 7) is 0. The summed E-state index contributed by atoms with van der Waals surface area (Å²) in [5.74, 6) is 1.90. The molecule has 0 aliphatic carbocycles. The summed E-state index contributed by atoms with van der Waals surface area (Å²) in [6.07, 6.45) is 0. The van der Waals surface area contributed by atoms with Crippen LogP contribution in [0.1, 0.15) is 0 Å². The molecule has 0 bridgehead atoms. The SMILES string of the molecule is c1ccc(-c2nc(-c3ccc4ccccc4c3)nc(-c3c(-c4ccccc4)cc(-n4c5ccccc5c5cc6ccccc6cc54)c4ccccc34)n2)cc1. The van der Waals surface area contributed by atoms with Crippen molar-refractivity contribution >= 4 is 54.1 Å². The third-order valence-corrected chi connectivity index (χ3v) is 10.8. The molecule has 0 fully saturated rings. The molecule has 4 heteroatoms.